The van der Waals surface area contributed by atoms with Crippen molar-refractivity contribution in [3.8, 4) is 0 Å². The highest BCUT2D eigenvalue weighted by Gasteiger charge is 2.41. The average Bonchev–Trinajstić information content (AvgIpc) is 2.52. The lowest BCUT2D eigenvalue weighted by Crippen LogP contribution is -2.51. The molecule has 0 heterocycles. The van der Waals surface area contributed by atoms with E-state index in [1.54, 1.807) is 12.1 Å². The van der Waals surface area contributed by atoms with Gasteiger partial charge in [-0.1, -0.05) is 51.8 Å². The Hall–Kier alpha value is -0.853. The number of rotatable bonds is 5. The molecule has 1 aliphatic rings. The molecular weight excluding hydrogens is 355 g/mol. The molecule has 1 N–H and O–H groups in total. The van der Waals surface area contributed by atoms with Crippen molar-refractivity contribution in [2.24, 2.45) is 0 Å². The smallest absolute Gasteiger partial charge is 0.412 e. The second-order valence-electron chi connectivity index (χ2n) is 8.84. The van der Waals surface area contributed by atoms with Crippen molar-refractivity contribution < 1.29 is 17.6 Å². The normalized spacial score (nSPS) is 22.5. The Bertz CT molecular complexity index is 595. The second-order valence-corrected chi connectivity index (χ2v) is 13.6. The van der Waals surface area contributed by atoms with Gasteiger partial charge in [0.05, 0.1) is 11.7 Å². The van der Waals surface area contributed by atoms with Crippen LogP contribution in [-0.4, -0.2) is 20.5 Å². The van der Waals surface area contributed by atoms with E-state index in [1.807, 2.05) is 0 Å². The predicted octanol–water partition coefficient (Wildman–Crippen LogP) is 6.13. The highest BCUT2D eigenvalue weighted by Crippen LogP contribution is 2.39. The summed E-state index contributed by atoms with van der Waals surface area (Å²) in [6.07, 6.45) is -0.0878. The standard InChI is InChI=1S/C20H32F3NOSi/c1-19(2,3)26(4,5)25-18-13-9-8-12-17(18)24-14-15-10-6-7-11-16(15)20(21,22)23/h6-7,10-11,17-18,24H,8-9,12-14H2,1-5H3/t17-,18-/m0/s1. The molecule has 1 aromatic carbocycles. The lowest BCUT2D eigenvalue weighted by molar-refractivity contribution is -0.138. The zero-order valence-corrected chi connectivity index (χ0v) is 17.5. The third kappa shape index (κ3) is 5.33. The van der Waals surface area contributed by atoms with Crippen LogP contribution in [0.2, 0.25) is 18.1 Å². The van der Waals surface area contributed by atoms with Crippen LogP contribution in [0.4, 0.5) is 13.2 Å². The zero-order valence-electron chi connectivity index (χ0n) is 16.5. The maximum Gasteiger partial charge on any atom is 0.416 e. The van der Waals surface area contributed by atoms with E-state index in [2.05, 4.69) is 39.2 Å². The number of benzene rings is 1. The monoisotopic (exact) mass is 387 g/mol. The molecule has 1 saturated carbocycles. The minimum absolute atomic E-state index is 0.0858. The van der Waals surface area contributed by atoms with Crippen LogP contribution in [0, 0.1) is 0 Å². The Morgan fingerprint density at radius 3 is 2.31 bits per heavy atom. The lowest BCUT2D eigenvalue weighted by atomic mass is 9.92. The molecular formula is C20H32F3NOSi. The minimum Gasteiger partial charge on any atom is -0.412 e. The van der Waals surface area contributed by atoms with Crippen LogP contribution >= 0.6 is 0 Å². The van der Waals surface area contributed by atoms with Crippen LogP contribution in [0.3, 0.4) is 0 Å². The quantitative estimate of drug-likeness (QED) is 0.614. The summed E-state index contributed by atoms with van der Waals surface area (Å²) in [6.45, 7) is 11.3. The Morgan fingerprint density at radius 1 is 1.08 bits per heavy atom. The first-order chi connectivity index (χ1) is 11.9. The summed E-state index contributed by atoms with van der Waals surface area (Å²) in [5.74, 6) is 0. The number of nitrogens with one attached hydrogen (secondary N) is 1. The van der Waals surface area contributed by atoms with Gasteiger partial charge in [0.25, 0.3) is 0 Å². The second kappa shape index (κ2) is 8.03. The molecule has 2 rings (SSSR count). The van der Waals surface area contributed by atoms with E-state index in [4.69, 9.17) is 4.43 Å². The number of hydrogen-bond acceptors (Lipinski definition) is 2. The van der Waals surface area contributed by atoms with E-state index in [0.29, 0.717) is 5.56 Å². The largest absolute Gasteiger partial charge is 0.416 e. The van der Waals surface area contributed by atoms with Crippen LogP contribution in [0.5, 0.6) is 0 Å². The molecule has 0 saturated heterocycles. The van der Waals surface area contributed by atoms with Crippen molar-refractivity contribution in [1.29, 1.82) is 0 Å². The summed E-state index contributed by atoms with van der Waals surface area (Å²) in [5.41, 5.74) is -0.248. The van der Waals surface area contributed by atoms with Gasteiger partial charge in [-0.3, -0.25) is 0 Å². The van der Waals surface area contributed by atoms with Crippen molar-refractivity contribution in [3.63, 3.8) is 0 Å². The molecule has 148 valence electrons. The van der Waals surface area contributed by atoms with Crippen LogP contribution in [-0.2, 0) is 17.1 Å². The van der Waals surface area contributed by atoms with Crippen LogP contribution in [0.15, 0.2) is 24.3 Å². The van der Waals surface area contributed by atoms with Gasteiger partial charge in [0.2, 0.25) is 0 Å². The first kappa shape index (κ1) is 21.4. The average molecular weight is 388 g/mol. The van der Waals surface area contributed by atoms with E-state index in [0.717, 1.165) is 31.7 Å². The number of alkyl halides is 3. The van der Waals surface area contributed by atoms with Gasteiger partial charge in [0, 0.05) is 12.6 Å². The topological polar surface area (TPSA) is 21.3 Å². The van der Waals surface area contributed by atoms with Gasteiger partial charge in [-0.15, -0.1) is 0 Å². The summed E-state index contributed by atoms with van der Waals surface area (Å²) < 4.78 is 46.2. The highest BCUT2D eigenvalue weighted by molar-refractivity contribution is 6.74. The summed E-state index contributed by atoms with van der Waals surface area (Å²) in [5, 5.41) is 3.49. The van der Waals surface area contributed by atoms with Gasteiger partial charge >= 0.3 is 6.18 Å². The third-order valence-electron chi connectivity index (χ3n) is 5.83. The van der Waals surface area contributed by atoms with Crippen molar-refractivity contribution in [2.45, 2.75) is 89.5 Å². The summed E-state index contributed by atoms with van der Waals surface area (Å²) in [6, 6.07) is 5.93. The lowest BCUT2D eigenvalue weighted by Gasteiger charge is -2.43. The molecule has 1 aromatic rings. The number of hydrogen-bond donors (Lipinski definition) is 1. The van der Waals surface area contributed by atoms with Gasteiger partial charge in [0.15, 0.2) is 8.32 Å². The molecule has 0 unspecified atom stereocenters. The fourth-order valence-corrected chi connectivity index (χ4v) is 4.61. The van der Waals surface area contributed by atoms with E-state index in [1.165, 1.54) is 6.07 Å². The van der Waals surface area contributed by atoms with Gasteiger partial charge in [0.1, 0.15) is 0 Å². The SMILES string of the molecule is CC(C)(C)[Si](C)(C)O[C@H]1CCCC[C@@H]1NCc1ccccc1C(F)(F)F. The Balaban J connectivity index is 2.08. The fourth-order valence-electron chi connectivity index (χ4n) is 3.22. The summed E-state index contributed by atoms with van der Waals surface area (Å²) in [7, 11) is -1.90. The summed E-state index contributed by atoms with van der Waals surface area (Å²) in [4.78, 5) is 0. The van der Waals surface area contributed by atoms with E-state index >= 15 is 0 Å². The maximum atomic E-state index is 13.2. The Morgan fingerprint density at radius 2 is 1.69 bits per heavy atom. The third-order valence-corrected chi connectivity index (χ3v) is 10.3. The molecule has 0 aromatic heterocycles. The Kier molecular flexibility index (Phi) is 6.62. The molecule has 0 radical (unpaired) electrons. The minimum atomic E-state index is -4.32. The van der Waals surface area contributed by atoms with E-state index < -0.39 is 20.1 Å². The van der Waals surface area contributed by atoms with E-state index in [-0.39, 0.29) is 23.7 Å². The number of halogens is 3. The molecule has 0 bridgehead atoms. The molecule has 2 atom stereocenters. The van der Waals surface area contributed by atoms with Crippen LogP contribution < -0.4 is 5.32 Å². The van der Waals surface area contributed by atoms with Crippen molar-refractivity contribution in [3.05, 3.63) is 35.4 Å². The molecule has 26 heavy (non-hydrogen) atoms. The highest BCUT2D eigenvalue weighted by atomic mass is 28.4. The molecule has 0 spiro atoms. The Labute approximate surface area is 156 Å². The molecule has 1 aliphatic carbocycles. The molecule has 0 aliphatic heterocycles. The van der Waals surface area contributed by atoms with E-state index in [9.17, 15) is 13.2 Å². The molecule has 0 amide bonds. The maximum absolute atomic E-state index is 13.2. The molecule has 1 fully saturated rings. The molecule has 2 nitrogen and oxygen atoms in total. The van der Waals surface area contributed by atoms with Gasteiger partial charge in [-0.05, 0) is 42.6 Å². The van der Waals surface area contributed by atoms with Crippen LogP contribution in [0.25, 0.3) is 0 Å². The zero-order chi connectivity index (χ0) is 19.6. The first-order valence-corrected chi connectivity index (χ1v) is 12.4. The van der Waals surface area contributed by atoms with Gasteiger partial charge in [-0.25, -0.2) is 0 Å². The summed E-state index contributed by atoms with van der Waals surface area (Å²) >= 11 is 0. The van der Waals surface area contributed by atoms with Crippen LogP contribution in [0.1, 0.15) is 57.6 Å². The van der Waals surface area contributed by atoms with Crippen molar-refractivity contribution in [2.75, 3.05) is 0 Å². The van der Waals surface area contributed by atoms with Crippen molar-refractivity contribution in [1.82, 2.24) is 5.32 Å². The van der Waals surface area contributed by atoms with Crippen molar-refractivity contribution >= 4 is 8.32 Å². The predicted molar refractivity (Wildman–Crippen MR) is 103 cm³/mol. The first-order valence-electron chi connectivity index (χ1n) is 9.48. The van der Waals surface area contributed by atoms with Gasteiger partial charge in [-0.2, -0.15) is 13.2 Å². The van der Waals surface area contributed by atoms with Gasteiger partial charge < -0.3 is 9.74 Å². The fraction of sp³-hybridized carbons (Fsp3) is 0.700. The molecule has 6 heteroatoms.